The van der Waals surface area contributed by atoms with E-state index in [0.29, 0.717) is 36.8 Å². The average Bonchev–Trinajstić information content (AvgIpc) is 2.91. The first-order valence-electron chi connectivity index (χ1n) is 13.7. The van der Waals surface area contributed by atoms with Crippen LogP contribution in [-0.2, 0) is 0 Å². The molecule has 6 heteroatoms. The van der Waals surface area contributed by atoms with Crippen LogP contribution in [0.5, 0.6) is 0 Å². The molecule has 4 N–H and O–H groups in total. The molecule has 0 spiro atoms. The molecule has 196 valence electrons. The highest BCUT2D eigenvalue weighted by Gasteiger charge is 2.23. The van der Waals surface area contributed by atoms with Crippen LogP contribution in [0.4, 0.5) is 21.0 Å². The molecule has 3 rings (SSSR count). The van der Waals surface area contributed by atoms with E-state index in [1.165, 1.54) is 11.1 Å². The molecule has 4 amide bonds. The first-order valence-corrected chi connectivity index (χ1v) is 13.7. The second-order valence-corrected chi connectivity index (χ2v) is 10.4. The summed E-state index contributed by atoms with van der Waals surface area (Å²) in [6.07, 6.45) is 6.54. The summed E-state index contributed by atoms with van der Waals surface area (Å²) in [7, 11) is 0. The van der Waals surface area contributed by atoms with E-state index in [2.05, 4.69) is 73.2 Å². The topological polar surface area (TPSA) is 82.3 Å². The van der Waals surface area contributed by atoms with Crippen molar-refractivity contribution in [2.45, 2.75) is 78.1 Å². The van der Waals surface area contributed by atoms with E-state index in [9.17, 15) is 9.59 Å². The van der Waals surface area contributed by atoms with Crippen molar-refractivity contribution in [2.75, 3.05) is 23.7 Å². The molecule has 0 aromatic heterocycles. The predicted molar refractivity (Wildman–Crippen MR) is 150 cm³/mol. The van der Waals surface area contributed by atoms with Crippen molar-refractivity contribution < 1.29 is 9.59 Å². The molecule has 1 aliphatic carbocycles. The highest BCUT2D eigenvalue weighted by molar-refractivity contribution is 5.89. The number of carbonyl (C=O) groups is 2. The van der Waals surface area contributed by atoms with Gasteiger partial charge in [-0.1, -0.05) is 58.4 Å². The Morgan fingerprint density at radius 3 is 1.47 bits per heavy atom. The van der Waals surface area contributed by atoms with Crippen molar-refractivity contribution >= 4 is 23.4 Å². The predicted octanol–water partition coefficient (Wildman–Crippen LogP) is 7.46. The summed E-state index contributed by atoms with van der Waals surface area (Å²) < 4.78 is 0. The number of amides is 4. The second-order valence-electron chi connectivity index (χ2n) is 10.4. The first-order chi connectivity index (χ1) is 17.4. The molecule has 0 bridgehead atoms. The largest absolute Gasteiger partial charge is 0.338 e. The van der Waals surface area contributed by atoms with Gasteiger partial charge in [0.15, 0.2) is 0 Å². The molecule has 0 radical (unpaired) electrons. The number of rotatable bonds is 10. The summed E-state index contributed by atoms with van der Waals surface area (Å²) in [4.78, 5) is 24.8. The van der Waals surface area contributed by atoms with E-state index in [4.69, 9.17) is 0 Å². The number of urea groups is 2. The SMILES string of the molecule is CC[C@@H](C)c1ccc(NC(=O)NC[C@H]2CCC[C@H](CNC(=O)Nc3ccc([C@@H](C)CC)cc3)C2)cc1. The molecule has 2 aromatic carbocycles. The van der Waals surface area contributed by atoms with Crippen molar-refractivity contribution in [2.24, 2.45) is 11.8 Å². The molecule has 0 heterocycles. The lowest BCUT2D eigenvalue weighted by molar-refractivity contribution is 0.230. The molecule has 1 saturated carbocycles. The molecule has 0 unspecified atom stereocenters. The van der Waals surface area contributed by atoms with Crippen molar-refractivity contribution in [3.8, 4) is 0 Å². The fraction of sp³-hybridized carbons (Fsp3) is 0.533. The van der Waals surface area contributed by atoms with Crippen LogP contribution in [0.2, 0.25) is 0 Å². The van der Waals surface area contributed by atoms with Gasteiger partial charge in [-0.05, 0) is 91.2 Å². The summed E-state index contributed by atoms with van der Waals surface area (Å²) in [6.45, 7) is 10.1. The van der Waals surface area contributed by atoms with Gasteiger partial charge in [-0.25, -0.2) is 9.59 Å². The molecule has 0 saturated heterocycles. The second kappa shape index (κ2) is 13.9. The molecule has 0 aliphatic heterocycles. The van der Waals surface area contributed by atoms with Crippen LogP contribution in [0.15, 0.2) is 48.5 Å². The summed E-state index contributed by atoms with van der Waals surface area (Å²) in [6, 6.07) is 15.9. The Balaban J connectivity index is 1.36. The number of nitrogens with one attached hydrogen (secondary N) is 4. The Bertz CT molecular complexity index is 880. The highest BCUT2D eigenvalue weighted by atomic mass is 16.2. The molecule has 1 fully saturated rings. The number of anilines is 2. The summed E-state index contributed by atoms with van der Waals surface area (Å²) in [5.41, 5.74) is 4.20. The minimum Gasteiger partial charge on any atom is -0.338 e. The van der Waals surface area contributed by atoms with E-state index in [1.54, 1.807) is 0 Å². The van der Waals surface area contributed by atoms with Gasteiger partial charge in [-0.2, -0.15) is 0 Å². The third kappa shape index (κ3) is 8.58. The summed E-state index contributed by atoms with van der Waals surface area (Å²) >= 11 is 0. The summed E-state index contributed by atoms with van der Waals surface area (Å²) in [5.74, 6) is 1.91. The molecular weight excluding hydrogens is 448 g/mol. The lowest BCUT2D eigenvalue weighted by Gasteiger charge is -2.29. The molecule has 2 aromatic rings. The zero-order chi connectivity index (χ0) is 25.9. The first kappa shape index (κ1) is 27.6. The zero-order valence-corrected chi connectivity index (χ0v) is 22.4. The van der Waals surface area contributed by atoms with Crippen LogP contribution in [0.3, 0.4) is 0 Å². The number of carbonyl (C=O) groups excluding carboxylic acids is 2. The van der Waals surface area contributed by atoms with Crippen molar-refractivity contribution in [1.29, 1.82) is 0 Å². The third-order valence-corrected chi connectivity index (χ3v) is 7.69. The van der Waals surface area contributed by atoms with E-state index in [-0.39, 0.29) is 12.1 Å². The Hall–Kier alpha value is -3.02. The fourth-order valence-electron chi connectivity index (χ4n) is 4.86. The smallest absolute Gasteiger partial charge is 0.319 e. The van der Waals surface area contributed by atoms with Gasteiger partial charge in [0.05, 0.1) is 0 Å². The minimum atomic E-state index is -0.162. The maximum Gasteiger partial charge on any atom is 0.319 e. The van der Waals surface area contributed by atoms with Gasteiger partial charge in [0, 0.05) is 24.5 Å². The van der Waals surface area contributed by atoms with Crippen LogP contribution >= 0.6 is 0 Å². The average molecular weight is 493 g/mol. The minimum absolute atomic E-state index is 0.162. The van der Waals surface area contributed by atoms with Gasteiger partial charge >= 0.3 is 12.1 Å². The summed E-state index contributed by atoms with van der Waals surface area (Å²) in [5, 5.41) is 11.9. The maximum atomic E-state index is 12.4. The van der Waals surface area contributed by atoms with Crippen LogP contribution < -0.4 is 21.3 Å². The van der Waals surface area contributed by atoms with E-state index in [1.807, 2.05) is 24.3 Å². The van der Waals surface area contributed by atoms with Gasteiger partial charge < -0.3 is 21.3 Å². The van der Waals surface area contributed by atoms with Crippen molar-refractivity contribution in [3.63, 3.8) is 0 Å². The van der Waals surface area contributed by atoms with Gasteiger partial charge in [0.2, 0.25) is 0 Å². The van der Waals surface area contributed by atoms with Gasteiger partial charge in [-0.15, -0.1) is 0 Å². The molecule has 36 heavy (non-hydrogen) atoms. The quantitative estimate of drug-likeness (QED) is 0.277. The lowest BCUT2D eigenvalue weighted by Crippen LogP contribution is -2.38. The van der Waals surface area contributed by atoms with Crippen LogP contribution in [0.25, 0.3) is 0 Å². The molecule has 4 atom stereocenters. The Labute approximate surface area is 217 Å². The van der Waals surface area contributed by atoms with Crippen molar-refractivity contribution in [3.05, 3.63) is 59.7 Å². The normalized spacial score (nSPS) is 19.1. The molecule has 6 nitrogen and oxygen atoms in total. The number of hydrogen-bond acceptors (Lipinski definition) is 2. The van der Waals surface area contributed by atoms with E-state index < -0.39 is 0 Å². The Morgan fingerprint density at radius 2 is 1.11 bits per heavy atom. The standard InChI is InChI=1S/C30H44N4O2/c1-5-21(3)25-10-14-27(15-11-25)33-29(35)31-19-23-8-7-9-24(18-23)20-32-30(36)34-28-16-12-26(13-17-28)22(4)6-2/h10-17,21-24H,5-9,18-20H2,1-4H3,(H2,31,33,35)(H2,32,34,36)/t21-,22+,23-,24-/m0/s1. The van der Waals surface area contributed by atoms with Crippen LogP contribution in [-0.4, -0.2) is 25.2 Å². The van der Waals surface area contributed by atoms with Crippen LogP contribution in [0.1, 0.15) is 89.2 Å². The third-order valence-electron chi connectivity index (χ3n) is 7.69. The Morgan fingerprint density at radius 1 is 0.722 bits per heavy atom. The lowest BCUT2D eigenvalue weighted by atomic mass is 9.81. The Kier molecular flexibility index (Phi) is 10.6. The maximum absolute atomic E-state index is 12.4. The van der Waals surface area contributed by atoms with Gasteiger partial charge in [-0.3, -0.25) is 0 Å². The fourth-order valence-corrected chi connectivity index (χ4v) is 4.86. The number of benzene rings is 2. The number of hydrogen-bond donors (Lipinski definition) is 4. The molecular formula is C30H44N4O2. The zero-order valence-electron chi connectivity index (χ0n) is 22.4. The monoisotopic (exact) mass is 492 g/mol. The van der Waals surface area contributed by atoms with E-state index >= 15 is 0 Å². The van der Waals surface area contributed by atoms with E-state index in [0.717, 1.165) is 49.9 Å². The van der Waals surface area contributed by atoms with Gasteiger partial charge in [0.1, 0.15) is 0 Å². The molecule has 1 aliphatic rings. The van der Waals surface area contributed by atoms with Crippen molar-refractivity contribution in [1.82, 2.24) is 10.6 Å². The highest BCUT2D eigenvalue weighted by Crippen LogP contribution is 2.28. The van der Waals surface area contributed by atoms with Crippen LogP contribution in [0, 0.1) is 11.8 Å². The van der Waals surface area contributed by atoms with Gasteiger partial charge in [0.25, 0.3) is 0 Å².